The van der Waals surface area contributed by atoms with Gasteiger partial charge in [-0.05, 0) is 44.7 Å². The molecule has 1 atom stereocenters. The van der Waals surface area contributed by atoms with Gasteiger partial charge in [-0.2, -0.15) is 0 Å². The molecule has 1 aliphatic rings. The van der Waals surface area contributed by atoms with Gasteiger partial charge in [-0.15, -0.1) is 0 Å². The molecule has 5 nitrogen and oxygen atoms in total. The van der Waals surface area contributed by atoms with Crippen molar-refractivity contribution in [2.75, 3.05) is 11.4 Å². The first-order valence-electron chi connectivity index (χ1n) is 7.21. The Balaban J connectivity index is 2.24. The van der Waals surface area contributed by atoms with Crippen molar-refractivity contribution in [3.05, 3.63) is 29.8 Å². The summed E-state index contributed by atoms with van der Waals surface area (Å²) in [5, 5.41) is 8.89. The molecule has 1 amide bonds. The third-order valence-corrected chi connectivity index (χ3v) is 4.03. The lowest BCUT2D eigenvalue weighted by molar-refractivity contribution is -0.136. The van der Waals surface area contributed by atoms with E-state index in [1.54, 1.807) is 6.92 Å². The van der Waals surface area contributed by atoms with E-state index < -0.39 is 11.5 Å². The Kier molecular flexibility index (Phi) is 4.32. The number of carboxylic acids is 1. The number of rotatable bonds is 6. The first-order chi connectivity index (χ1) is 9.82. The number of anilines is 1. The number of aryl methyl sites for hydroxylation is 1. The predicted molar refractivity (Wildman–Crippen MR) is 81.1 cm³/mol. The summed E-state index contributed by atoms with van der Waals surface area (Å²) in [6, 6.07) is 7.47. The maximum atomic E-state index is 12.8. The van der Waals surface area contributed by atoms with Crippen LogP contribution in [-0.4, -0.2) is 29.1 Å². The van der Waals surface area contributed by atoms with Gasteiger partial charge in [0.2, 0.25) is 5.91 Å². The molecule has 1 aromatic rings. The van der Waals surface area contributed by atoms with Crippen LogP contribution in [0, 0.1) is 12.8 Å². The summed E-state index contributed by atoms with van der Waals surface area (Å²) in [6.45, 7) is 3.84. The SMILES string of the molecule is Cc1ccc(N(CCC(=O)O)C(=O)C(C)(N)C2CC2)cc1. The van der Waals surface area contributed by atoms with Crippen molar-refractivity contribution in [1.82, 2.24) is 0 Å². The quantitative estimate of drug-likeness (QED) is 0.838. The number of benzene rings is 1. The number of aliphatic carboxylic acids is 1. The number of carboxylic acid groups (broad SMARTS) is 1. The largest absolute Gasteiger partial charge is 0.481 e. The van der Waals surface area contributed by atoms with E-state index in [9.17, 15) is 9.59 Å². The minimum absolute atomic E-state index is 0.0969. The Morgan fingerprint density at radius 2 is 1.90 bits per heavy atom. The number of carbonyl (C=O) groups is 2. The Morgan fingerprint density at radius 1 is 1.33 bits per heavy atom. The van der Waals surface area contributed by atoms with E-state index in [2.05, 4.69) is 0 Å². The highest BCUT2D eigenvalue weighted by atomic mass is 16.4. The second-order valence-electron chi connectivity index (χ2n) is 5.99. The topological polar surface area (TPSA) is 83.6 Å². The second-order valence-corrected chi connectivity index (χ2v) is 5.99. The highest BCUT2D eigenvalue weighted by Gasteiger charge is 2.46. The summed E-state index contributed by atoms with van der Waals surface area (Å²) >= 11 is 0. The van der Waals surface area contributed by atoms with E-state index >= 15 is 0 Å². The van der Waals surface area contributed by atoms with Crippen molar-refractivity contribution in [2.45, 2.75) is 38.6 Å². The Hall–Kier alpha value is -1.88. The molecule has 114 valence electrons. The smallest absolute Gasteiger partial charge is 0.305 e. The first-order valence-corrected chi connectivity index (χ1v) is 7.21. The van der Waals surface area contributed by atoms with Crippen LogP contribution in [0.25, 0.3) is 0 Å². The monoisotopic (exact) mass is 290 g/mol. The molecule has 5 heteroatoms. The highest BCUT2D eigenvalue weighted by Crippen LogP contribution is 2.39. The third kappa shape index (κ3) is 3.61. The fourth-order valence-electron chi connectivity index (χ4n) is 2.43. The molecule has 0 saturated heterocycles. The fourth-order valence-corrected chi connectivity index (χ4v) is 2.43. The molecule has 0 heterocycles. The highest BCUT2D eigenvalue weighted by molar-refractivity contribution is 6.00. The van der Waals surface area contributed by atoms with Crippen LogP contribution in [0.1, 0.15) is 31.7 Å². The normalized spacial score (nSPS) is 17.1. The van der Waals surface area contributed by atoms with Crippen molar-refractivity contribution in [1.29, 1.82) is 0 Å². The number of hydrogen-bond donors (Lipinski definition) is 2. The van der Waals surface area contributed by atoms with Gasteiger partial charge in [0.25, 0.3) is 0 Å². The number of carbonyl (C=O) groups excluding carboxylic acids is 1. The lowest BCUT2D eigenvalue weighted by Crippen LogP contribution is -2.55. The number of hydrogen-bond acceptors (Lipinski definition) is 3. The Labute approximate surface area is 124 Å². The van der Waals surface area contributed by atoms with Gasteiger partial charge in [-0.3, -0.25) is 9.59 Å². The molecule has 1 aromatic carbocycles. The van der Waals surface area contributed by atoms with E-state index in [-0.39, 0.29) is 24.8 Å². The molecule has 0 spiro atoms. The van der Waals surface area contributed by atoms with Gasteiger partial charge in [-0.25, -0.2) is 0 Å². The molecule has 2 rings (SSSR count). The lowest BCUT2D eigenvalue weighted by Gasteiger charge is -2.32. The van der Waals surface area contributed by atoms with Crippen molar-refractivity contribution in [3.63, 3.8) is 0 Å². The molecule has 1 unspecified atom stereocenters. The average molecular weight is 290 g/mol. The van der Waals surface area contributed by atoms with Crippen molar-refractivity contribution in [2.24, 2.45) is 11.7 Å². The Morgan fingerprint density at radius 3 is 2.38 bits per heavy atom. The summed E-state index contributed by atoms with van der Waals surface area (Å²) in [4.78, 5) is 25.1. The van der Waals surface area contributed by atoms with Crippen LogP contribution in [0.4, 0.5) is 5.69 Å². The van der Waals surface area contributed by atoms with E-state index in [1.165, 1.54) is 4.90 Å². The van der Waals surface area contributed by atoms with E-state index in [4.69, 9.17) is 10.8 Å². The van der Waals surface area contributed by atoms with Crippen LogP contribution in [0.15, 0.2) is 24.3 Å². The van der Waals surface area contributed by atoms with Gasteiger partial charge in [0.1, 0.15) is 0 Å². The van der Waals surface area contributed by atoms with Crippen LogP contribution < -0.4 is 10.6 Å². The van der Waals surface area contributed by atoms with E-state index in [1.807, 2.05) is 31.2 Å². The molecule has 21 heavy (non-hydrogen) atoms. The summed E-state index contributed by atoms with van der Waals surface area (Å²) in [5.41, 5.74) is 7.06. The maximum absolute atomic E-state index is 12.8. The van der Waals surface area contributed by atoms with Gasteiger partial charge in [0.15, 0.2) is 0 Å². The summed E-state index contributed by atoms with van der Waals surface area (Å²) < 4.78 is 0. The lowest BCUT2D eigenvalue weighted by atomic mass is 9.95. The summed E-state index contributed by atoms with van der Waals surface area (Å²) in [6.07, 6.45) is 1.82. The van der Waals surface area contributed by atoms with Crippen molar-refractivity contribution < 1.29 is 14.7 Å². The zero-order chi connectivity index (χ0) is 15.6. The van der Waals surface area contributed by atoms with Crippen molar-refractivity contribution >= 4 is 17.6 Å². The first kappa shape index (κ1) is 15.5. The fraction of sp³-hybridized carbons (Fsp3) is 0.500. The molecule has 0 bridgehead atoms. The predicted octanol–water partition coefficient (Wildman–Crippen LogP) is 1.93. The van der Waals surface area contributed by atoms with Crippen LogP contribution in [-0.2, 0) is 9.59 Å². The second kappa shape index (κ2) is 5.85. The van der Waals surface area contributed by atoms with Crippen LogP contribution in [0.2, 0.25) is 0 Å². The van der Waals surface area contributed by atoms with Crippen LogP contribution in [0.5, 0.6) is 0 Å². The minimum Gasteiger partial charge on any atom is -0.481 e. The molecule has 1 fully saturated rings. The molecule has 3 N–H and O–H groups in total. The molecule has 0 aromatic heterocycles. The van der Waals surface area contributed by atoms with Gasteiger partial charge in [0, 0.05) is 12.2 Å². The van der Waals surface area contributed by atoms with Crippen LogP contribution >= 0.6 is 0 Å². The van der Waals surface area contributed by atoms with Gasteiger partial charge in [0.05, 0.1) is 12.0 Å². The number of nitrogens with zero attached hydrogens (tertiary/aromatic N) is 1. The zero-order valence-electron chi connectivity index (χ0n) is 12.5. The molecule has 0 radical (unpaired) electrons. The number of nitrogens with two attached hydrogens (primary N) is 1. The minimum atomic E-state index is -0.927. The molecule has 0 aliphatic heterocycles. The van der Waals surface area contributed by atoms with Crippen LogP contribution in [0.3, 0.4) is 0 Å². The van der Waals surface area contributed by atoms with Crippen molar-refractivity contribution in [3.8, 4) is 0 Å². The maximum Gasteiger partial charge on any atom is 0.305 e. The number of amides is 1. The summed E-state index contributed by atoms with van der Waals surface area (Å²) in [5.74, 6) is -0.928. The Bertz CT molecular complexity index is 533. The zero-order valence-corrected chi connectivity index (χ0v) is 12.5. The standard InChI is InChI=1S/C16H22N2O3/c1-11-3-7-13(8-4-11)18(10-9-14(19)20)15(21)16(2,17)12-5-6-12/h3-4,7-8,12H,5-6,9-10,17H2,1-2H3,(H,19,20). The third-order valence-electron chi connectivity index (χ3n) is 4.03. The average Bonchev–Trinajstić information content (AvgIpc) is 3.25. The van der Waals surface area contributed by atoms with Gasteiger partial charge in [-0.1, -0.05) is 17.7 Å². The molecular weight excluding hydrogens is 268 g/mol. The summed E-state index contributed by atoms with van der Waals surface area (Å²) in [7, 11) is 0. The molecule has 1 aliphatic carbocycles. The van der Waals surface area contributed by atoms with E-state index in [0.29, 0.717) is 5.69 Å². The molecule has 1 saturated carbocycles. The van der Waals surface area contributed by atoms with E-state index in [0.717, 1.165) is 18.4 Å². The van der Waals surface area contributed by atoms with Gasteiger partial charge < -0.3 is 15.7 Å². The van der Waals surface area contributed by atoms with Gasteiger partial charge >= 0.3 is 5.97 Å². The molecular formula is C16H22N2O3.